The predicted octanol–water partition coefficient (Wildman–Crippen LogP) is 2.28. The predicted molar refractivity (Wildman–Crippen MR) is 171 cm³/mol. The van der Waals surface area contributed by atoms with Gasteiger partial charge in [0.2, 0.25) is 0 Å². The third kappa shape index (κ3) is 4.51. The summed E-state index contributed by atoms with van der Waals surface area (Å²) in [6, 6.07) is 0. The second kappa shape index (κ2) is 11.0. The number of allylic oxidation sites excluding steroid dienone is 1. The number of esters is 1. The van der Waals surface area contributed by atoms with Gasteiger partial charge in [0.25, 0.3) is 0 Å². The van der Waals surface area contributed by atoms with Crippen LogP contribution >= 0.6 is 0 Å². The first kappa shape index (κ1) is 33.3. The Bertz CT molecular complexity index is 1140. The highest BCUT2D eigenvalue weighted by molar-refractivity contribution is 5.71. The fourth-order valence-electron chi connectivity index (χ4n) is 14.3. The molecule has 3 saturated heterocycles. The van der Waals surface area contributed by atoms with Gasteiger partial charge in [0, 0.05) is 12.0 Å². The van der Waals surface area contributed by atoms with Gasteiger partial charge in [-0.25, -0.2) is 4.79 Å². The van der Waals surface area contributed by atoms with E-state index in [9.17, 15) is 9.90 Å². The highest BCUT2D eigenvalue weighted by Gasteiger charge is 2.71. The molecule has 6 heteroatoms. The van der Waals surface area contributed by atoms with Crippen molar-refractivity contribution < 1.29 is 36.4 Å². The number of quaternary nitrogens is 2. The number of rotatable bonds is 5. The highest BCUT2D eigenvalue weighted by Crippen LogP contribution is 2.77. The second-order valence-electron chi connectivity index (χ2n) is 18.7. The average molecular weight is 632 g/mol. The Morgan fingerprint density at radius 2 is 1.55 bits per heavy atom. The molecule has 5 aliphatic carbocycles. The molecule has 2 N–H and O–H groups in total. The molecular formula is C38H64ClN2O3+. The van der Waals surface area contributed by atoms with Crippen molar-refractivity contribution in [2.75, 3.05) is 52.4 Å². The number of aliphatic hydroxyl groups is 1. The molecule has 8 aliphatic rings. The smallest absolute Gasteiger partial charge is 0.362 e. The van der Waals surface area contributed by atoms with Gasteiger partial charge in [0.15, 0.2) is 6.54 Å². The molecule has 0 radical (unpaired) electrons. The Morgan fingerprint density at radius 3 is 2.18 bits per heavy atom. The van der Waals surface area contributed by atoms with Crippen molar-refractivity contribution in [1.29, 1.82) is 0 Å². The minimum Gasteiger partial charge on any atom is -1.00 e. The third-order valence-corrected chi connectivity index (χ3v) is 17.1. The fourth-order valence-corrected chi connectivity index (χ4v) is 14.3. The number of nitrogens with one attached hydrogen (secondary N) is 1. The number of piperazine rings is 3. The van der Waals surface area contributed by atoms with E-state index in [-0.39, 0.29) is 40.7 Å². The standard InChI is InChI=1S/C38H63N2O3.ClH/c1-26(2)27-10-15-38(25-41)17-16-36(6)28(33(27)38)8-9-30-35(5)13-12-31(34(3,4)29(35)11-14-37(30,36)7)43-32(42)24-40-21-18-39(19-22-40)20-23-40;/h27-31,33,41H,1,8-25H2,2-7H3;1H/q+1;/t27-,28?,29?,30?,31-,33?,35-,36+,37+,38+;/m0./s1. The molecule has 0 amide bonds. The Labute approximate surface area is 274 Å². The molecule has 8 rings (SSSR count). The van der Waals surface area contributed by atoms with Gasteiger partial charge in [-0.2, -0.15) is 0 Å². The van der Waals surface area contributed by atoms with Crippen LogP contribution in [-0.2, 0) is 9.53 Å². The van der Waals surface area contributed by atoms with Crippen LogP contribution in [0.5, 0.6) is 0 Å². The summed E-state index contributed by atoms with van der Waals surface area (Å²) < 4.78 is 7.50. The lowest BCUT2D eigenvalue weighted by Crippen LogP contribution is -3.19. The van der Waals surface area contributed by atoms with E-state index in [0.717, 1.165) is 30.5 Å². The molecule has 44 heavy (non-hydrogen) atoms. The van der Waals surface area contributed by atoms with Crippen molar-refractivity contribution in [2.45, 2.75) is 112 Å². The van der Waals surface area contributed by atoms with E-state index in [1.165, 1.54) is 83.0 Å². The number of aliphatic hydroxyl groups excluding tert-OH is 1. The van der Waals surface area contributed by atoms with Gasteiger partial charge in [-0.1, -0.05) is 46.8 Å². The Balaban J connectivity index is 0.00000343. The number of fused-ring (bicyclic) bond motifs is 10. The van der Waals surface area contributed by atoms with E-state index in [1.54, 1.807) is 4.90 Å². The Morgan fingerprint density at radius 1 is 0.864 bits per heavy atom. The Hall–Kier alpha value is -0.620. The summed E-state index contributed by atoms with van der Waals surface area (Å²) in [5.74, 6) is 3.24. The van der Waals surface area contributed by atoms with E-state index in [2.05, 4.69) is 48.1 Å². The highest BCUT2D eigenvalue weighted by atomic mass is 35.5. The summed E-state index contributed by atoms with van der Waals surface area (Å²) in [7, 11) is 0. The van der Waals surface area contributed by atoms with E-state index in [0.29, 0.717) is 53.6 Å². The van der Waals surface area contributed by atoms with Crippen molar-refractivity contribution in [2.24, 2.45) is 56.7 Å². The van der Waals surface area contributed by atoms with Crippen molar-refractivity contribution in [3.8, 4) is 0 Å². The van der Waals surface area contributed by atoms with Crippen molar-refractivity contribution in [3.63, 3.8) is 0 Å². The zero-order valence-electron chi connectivity index (χ0n) is 29.0. The van der Waals surface area contributed by atoms with Crippen molar-refractivity contribution in [3.05, 3.63) is 12.2 Å². The second-order valence-corrected chi connectivity index (χ2v) is 18.7. The minimum atomic E-state index is 0. The van der Waals surface area contributed by atoms with Crippen LogP contribution in [-0.4, -0.2) is 74.1 Å². The van der Waals surface area contributed by atoms with Crippen LogP contribution in [0.25, 0.3) is 0 Å². The SMILES string of the molecule is C=C(C)[C@@H]1CC[C@]2(CO)CC[C@]3(C)C(CCC4[C@@]5(C)CC[C@H](OC(=O)C[N+]67CC[NH+](CC6)CC7)C(C)(C)C5CC[C@]43C)C12.[Cl-]. The normalized spacial score (nSPS) is 52.0. The number of hydrogen-bond acceptors (Lipinski definition) is 3. The van der Waals surface area contributed by atoms with Crippen LogP contribution in [0.4, 0.5) is 0 Å². The summed E-state index contributed by atoms with van der Waals surface area (Å²) >= 11 is 0. The average Bonchev–Trinajstić information content (AvgIpc) is 3.36. The summed E-state index contributed by atoms with van der Waals surface area (Å²) in [6.45, 7) is 27.7. The maximum atomic E-state index is 13.5. The number of carbonyl (C=O) groups is 1. The lowest BCUT2D eigenvalue weighted by Gasteiger charge is -2.73. The summed E-state index contributed by atoms with van der Waals surface area (Å²) in [4.78, 5) is 15.2. The van der Waals surface area contributed by atoms with Gasteiger partial charge in [-0.05, 0) is 122 Å². The van der Waals surface area contributed by atoms with Crippen LogP contribution in [0.15, 0.2) is 12.2 Å². The first-order valence-corrected chi connectivity index (χ1v) is 18.4. The largest absolute Gasteiger partial charge is 1.00 e. The first-order valence-electron chi connectivity index (χ1n) is 18.4. The van der Waals surface area contributed by atoms with Gasteiger partial charge < -0.3 is 31.6 Å². The van der Waals surface area contributed by atoms with E-state index < -0.39 is 0 Å². The van der Waals surface area contributed by atoms with Gasteiger partial charge >= 0.3 is 5.97 Å². The van der Waals surface area contributed by atoms with Crippen LogP contribution in [0.1, 0.15) is 106 Å². The van der Waals surface area contributed by atoms with E-state index in [1.807, 2.05) is 0 Å². The number of halogens is 1. The summed E-state index contributed by atoms with van der Waals surface area (Å²) in [5.41, 5.74) is 2.40. The van der Waals surface area contributed by atoms with Crippen LogP contribution < -0.4 is 17.3 Å². The minimum absolute atomic E-state index is 0. The summed E-state index contributed by atoms with van der Waals surface area (Å²) in [5, 5.41) is 10.8. The molecule has 250 valence electrons. The number of ether oxygens (including phenoxy) is 1. The van der Waals surface area contributed by atoms with E-state index in [4.69, 9.17) is 4.74 Å². The van der Waals surface area contributed by atoms with Crippen LogP contribution in [0, 0.1) is 56.7 Å². The number of nitrogens with zero attached hydrogens (tertiary/aromatic N) is 1. The molecule has 10 atom stereocenters. The van der Waals surface area contributed by atoms with Gasteiger partial charge in [-0.3, -0.25) is 0 Å². The molecular weight excluding hydrogens is 568 g/mol. The van der Waals surface area contributed by atoms with Crippen molar-refractivity contribution >= 4 is 5.97 Å². The van der Waals surface area contributed by atoms with Gasteiger partial charge in [0.05, 0.1) is 0 Å². The third-order valence-electron chi connectivity index (χ3n) is 17.1. The monoisotopic (exact) mass is 631 g/mol. The molecule has 5 nitrogen and oxygen atoms in total. The van der Waals surface area contributed by atoms with Crippen LogP contribution in [0.3, 0.4) is 0 Å². The topological polar surface area (TPSA) is 51.0 Å². The molecule has 3 heterocycles. The molecule has 3 aliphatic heterocycles. The first-order chi connectivity index (χ1) is 20.2. The van der Waals surface area contributed by atoms with Gasteiger partial charge in [-0.15, -0.1) is 0 Å². The molecule has 5 saturated carbocycles. The van der Waals surface area contributed by atoms with Crippen molar-refractivity contribution in [1.82, 2.24) is 0 Å². The maximum absolute atomic E-state index is 13.5. The summed E-state index contributed by atoms with van der Waals surface area (Å²) in [6.07, 6.45) is 12.3. The number of carbonyl (C=O) groups excluding carboxylic acids is 1. The molecule has 0 aromatic rings. The lowest BCUT2D eigenvalue weighted by molar-refractivity contribution is -1.07. The molecule has 0 aromatic heterocycles. The molecule has 0 spiro atoms. The molecule has 0 aromatic carbocycles. The van der Waals surface area contributed by atoms with Crippen LogP contribution in [0.2, 0.25) is 0 Å². The zero-order valence-corrected chi connectivity index (χ0v) is 29.7. The van der Waals surface area contributed by atoms with Gasteiger partial charge in [0.1, 0.15) is 45.4 Å². The lowest BCUT2D eigenvalue weighted by atomic mass is 9.32. The quantitative estimate of drug-likeness (QED) is 0.278. The Kier molecular flexibility index (Phi) is 8.29. The molecule has 8 fully saturated rings. The molecule has 2 bridgehead atoms. The maximum Gasteiger partial charge on any atom is 0.362 e. The van der Waals surface area contributed by atoms with E-state index >= 15 is 0 Å². The fraction of sp³-hybridized carbons (Fsp3) is 0.921. The number of hydrogen-bond donors (Lipinski definition) is 2. The zero-order chi connectivity index (χ0) is 30.6. The molecule has 4 unspecified atom stereocenters.